The first-order chi connectivity index (χ1) is 9.36. The highest BCUT2D eigenvalue weighted by Crippen LogP contribution is 2.21. The van der Waals surface area contributed by atoms with Gasteiger partial charge in [0, 0.05) is 12.1 Å². The molecule has 0 spiro atoms. The zero-order valence-electron chi connectivity index (χ0n) is 12.1. The third-order valence-corrected chi connectivity index (χ3v) is 3.20. The molecule has 1 rings (SSSR count). The van der Waals surface area contributed by atoms with Crippen LogP contribution in [-0.4, -0.2) is 12.5 Å². The van der Waals surface area contributed by atoms with E-state index in [9.17, 15) is 13.6 Å². The van der Waals surface area contributed by atoms with Crippen LogP contribution in [0.5, 0.6) is 0 Å². The Morgan fingerprint density at radius 3 is 2.25 bits per heavy atom. The van der Waals surface area contributed by atoms with E-state index in [0.29, 0.717) is 12.3 Å². The van der Waals surface area contributed by atoms with Crippen molar-refractivity contribution in [2.45, 2.75) is 33.2 Å². The Morgan fingerprint density at radius 2 is 1.80 bits per heavy atom. The van der Waals surface area contributed by atoms with E-state index in [1.165, 1.54) is 18.2 Å². The highest BCUT2D eigenvalue weighted by molar-refractivity contribution is 5.79. The first-order valence-electron chi connectivity index (χ1n) is 6.81. The highest BCUT2D eigenvalue weighted by atomic mass is 19.1. The summed E-state index contributed by atoms with van der Waals surface area (Å²) in [5, 5.41) is 2.64. The van der Waals surface area contributed by atoms with Crippen LogP contribution in [0.4, 0.5) is 8.78 Å². The molecule has 0 saturated carbocycles. The van der Waals surface area contributed by atoms with Gasteiger partial charge in [-0.1, -0.05) is 19.9 Å². The van der Waals surface area contributed by atoms with Gasteiger partial charge in [0.25, 0.3) is 0 Å². The van der Waals surface area contributed by atoms with Crippen LogP contribution in [0.1, 0.15) is 38.8 Å². The Bertz CT molecular complexity index is 443. The van der Waals surface area contributed by atoms with Crippen LogP contribution in [0.15, 0.2) is 18.2 Å². The maximum absolute atomic E-state index is 13.6. The molecule has 0 aliphatic carbocycles. The highest BCUT2D eigenvalue weighted by Gasteiger charge is 2.23. The minimum absolute atomic E-state index is 0.124. The average molecular weight is 284 g/mol. The lowest BCUT2D eigenvalue weighted by molar-refractivity contribution is -0.125. The monoisotopic (exact) mass is 284 g/mol. The van der Waals surface area contributed by atoms with E-state index in [-0.39, 0.29) is 23.9 Å². The van der Waals surface area contributed by atoms with E-state index in [1.807, 2.05) is 13.8 Å². The van der Waals surface area contributed by atoms with Crippen LogP contribution < -0.4 is 11.1 Å². The van der Waals surface area contributed by atoms with E-state index in [2.05, 4.69) is 5.32 Å². The zero-order chi connectivity index (χ0) is 15.3. The molecule has 2 unspecified atom stereocenters. The summed E-state index contributed by atoms with van der Waals surface area (Å²) in [4.78, 5) is 12.1. The number of carbonyl (C=O) groups is 1. The molecule has 3 N–H and O–H groups in total. The van der Waals surface area contributed by atoms with Crippen LogP contribution in [0.2, 0.25) is 0 Å². The molecule has 3 nitrogen and oxygen atoms in total. The van der Waals surface area contributed by atoms with Gasteiger partial charge in [-0.05, 0) is 31.4 Å². The topological polar surface area (TPSA) is 55.1 Å². The molecule has 0 saturated heterocycles. The van der Waals surface area contributed by atoms with Gasteiger partial charge in [-0.3, -0.25) is 4.79 Å². The lowest BCUT2D eigenvalue weighted by Gasteiger charge is -2.21. The van der Waals surface area contributed by atoms with E-state index >= 15 is 0 Å². The fourth-order valence-corrected chi connectivity index (χ4v) is 2.21. The summed E-state index contributed by atoms with van der Waals surface area (Å²) in [7, 11) is 0. The minimum Gasteiger partial charge on any atom is -0.349 e. The van der Waals surface area contributed by atoms with E-state index in [1.54, 1.807) is 6.92 Å². The quantitative estimate of drug-likeness (QED) is 0.844. The molecule has 20 heavy (non-hydrogen) atoms. The molecular formula is C15H22F2N2O. The number of halogens is 2. The van der Waals surface area contributed by atoms with Gasteiger partial charge in [-0.2, -0.15) is 0 Å². The van der Waals surface area contributed by atoms with Crippen LogP contribution in [-0.2, 0) is 4.79 Å². The fourth-order valence-electron chi connectivity index (χ4n) is 2.21. The van der Waals surface area contributed by atoms with E-state index < -0.39 is 17.7 Å². The summed E-state index contributed by atoms with van der Waals surface area (Å²) in [6.07, 6.45) is 0.648. The second-order valence-corrected chi connectivity index (χ2v) is 5.43. The second kappa shape index (κ2) is 7.33. The van der Waals surface area contributed by atoms with Gasteiger partial charge in [0.05, 0.1) is 12.0 Å². The normalized spacial score (nSPS) is 14.2. The lowest BCUT2D eigenvalue weighted by Crippen LogP contribution is -2.37. The average Bonchev–Trinajstić information content (AvgIpc) is 2.35. The number of nitrogens with two attached hydrogens (primary N) is 1. The Labute approximate surface area is 118 Å². The molecule has 1 amide bonds. The van der Waals surface area contributed by atoms with Crippen molar-refractivity contribution in [2.24, 2.45) is 17.6 Å². The molecule has 0 radical (unpaired) electrons. The summed E-state index contributed by atoms with van der Waals surface area (Å²) in [5.74, 6) is -1.60. The summed E-state index contributed by atoms with van der Waals surface area (Å²) in [6, 6.07) is 2.92. The number of hydrogen-bond acceptors (Lipinski definition) is 2. The Balaban J connectivity index is 2.79. The SMILES string of the molecule is CC(C)CC(CN)C(=O)NC(C)c1c(F)cccc1F. The number of nitrogens with one attached hydrogen (secondary N) is 1. The third-order valence-electron chi connectivity index (χ3n) is 3.20. The minimum atomic E-state index is -0.732. The molecule has 112 valence electrons. The summed E-state index contributed by atoms with van der Waals surface area (Å²) in [5.41, 5.74) is 5.46. The largest absolute Gasteiger partial charge is 0.349 e. The first kappa shape index (κ1) is 16.6. The van der Waals surface area contributed by atoms with Gasteiger partial charge in [-0.15, -0.1) is 0 Å². The molecule has 2 atom stereocenters. The van der Waals surface area contributed by atoms with Crippen LogP contribution in [0.25, 0.3) is 0 Å². The maximum atomic E-state index is 13.6. The van der Waals surface area contributed by atoms with Gasteiger partial charge in [0.2, 0.25) is 5.91 Å². The van der Waals surface area contributed by atoms with Crippen molar-refractivity contribution < 1.29 is 13.6 Å². The van der Waals surface area contributed by atoms with Crippen LogP contribution in [0, 0.1) is 23.5 Å². The van der Waals surface area contributed by atoms with Crippen molar-refractivity contribution >= 4 is 5.91 Å². The third kappa shape index (κ3) is 4.27. The standard InChI is InChI=1S/C15H22F2N2O/c1-9(2)7-11(8-18)15(20)19-10(3)14-12(16)5-4-6-13(14)17/h4-6,9-11H,7-8,18H2,1-3H3,(H,19,20). The summed E-state index contributed by atoms with van der Waals surface area (Å²) >= 11 is 0. The zero-order valence-corrected chi connectivity index (χ0v) is 12.1. The van der Waals surface area contributed by atoms with Gasteiger partial charge < -0.3 is 11.1 Å². The van der Waals surface area contributed by atoms with Crippen molar-refractivity contribution in [3.8, 4) is 0 Å². The maximum Gasteiger partial charge on any atom is 0.224 e. The van der Waals surface area contributed by atoms with Gasteiger partial charge >= 0.3 is 0 Å². The number of benzene rings is 1. The van der Waals surface area contributed by atoms with Crippen molar-refractivity contribution in [1.29, 1.82) is 0 Å². The molecule has 1 aromatic carbocycles. The fraction of sp³-hybridized carbons (Fsp3) is 0.533. The van der Waals surface area contributed by atoms with Gasteiger partial charge in [0.15, 0.2) is 0 Å². The number of carbonyl (C=O) groups excluding carboxylic acids is 1. The summed E-state index contributed by atoms with van der Waals surface area (Å²) < 4.78 is 27.3. The molecule has 0 fully saturated rings. The smallest absolute Gasteiger partial charge is 0.224 e. The van der Waals surface area contributed by atoms with Crippen molar-refractivity contribution in [2.75, 3.05) is 6.54 Å². The molecule has 0 aromatic heterocycles. The van der Waals surface area contributed by atoms with Crippen molar-refractivity contribution in [3.05, 3.63) is 35.4 Å². The number of amides is 1. The summed E-state index contributed by atoms with van der Waals surface area (Å²) in [6.45, 7) is 5.77. The Hall–Kier alpha value is -1.49. The molecule has 0 aliphatic heterocycles. The molecular weight excluding hydrogens is 262 g/mol. The van der Waals surface area contributed by atoms with Crippen molar-refractivity contribution in [1.82, 2.24) is 5.32 Å². The first-order valence-corrected chi connectivity index (χ1v) is 6.81. The van der Waals surface area contributed by atoms with Gasteiger partial charge in [0.1, 0.15) is 11.6 Å². The van der Waals surface area contributed by atoms with E-state index in [4.69, 9.17) is 5.73 Å². The molecule has 0 bridgehead atoms. The molecule has 5 heteroatoms. The number of hydrogen-bond donors (Lipinski definition) is 2. The van der Waals surface area contributed by atoms with Gasteiger partial charge in [-0.25, -0.2) is 8.78 Å². The van der Waals surface area contributed by atoms with Crippen molar-refractivity contribution in [3.63, 3.8) is 0 Å². The predicted octanol–water partition coefficient (Wildman–Crippen LogP) is 2.76. The molecule has 1 aromatic rings. The predicted molar refractivity (Wildman–Crippen MR) is 74.9 cm³/mol. The second-order valence-electron chi connectivity index (χ2n) is 5.43. The Kier molecular flexibility index (Phi) is 6.07. The molecule has 0 aliphatic rings. The molecule has 0 heterocycles. The number of rotatable bonds is 6. The van der Waals surface area contributed by atoms with E-state index in [0.717, 1.165) is 0 Å². The van der Waals surface area contributed by atoms with Crippen LogP contribution in [0.3, 0.4) is 0 Å². The van der Waals surface area contributed by atoms with Crippen LogP contribution >= 0.6 is 0 Å². The lowest BCUT2D eigenvalue weighted by atomic mass is 9.95. The Morgan fingerprint density at radius 1 is 1.25 bits per heavy atom.